The predicted octanol–water partition coefficient (Wildman–Crippen LogP) is 4.34. The van der Waals surface area contributed by atoms with E-state index in [1.165, 1.54) is 13.1 Å². The average Bonchev–Trinajstić information content (AvgIpc) is 3.42. The van der Waals surface area contributed by atoms with Gasteiger partial charge in [-0.2, -0.15) is 9.97 Å². The molecule has 1 aliphatic rings. The third-order valence-electron chi connectivity index (χ3n) is 7.18. The predicted molar refractivity (Wildman–Crippen MR) is 154 cm³/mol. The summed E-state index contributed by atoms with van der Waals surface area (Å²) in [5.41, 5.74) is 2.89. The molecule has 0 bridgehead atoms. The van der Waals surface area contributed by atoms with Gasteiger partial charge in [0.05, 0.1) is 16.3 Å². The lowest BCUT2D eigenvalue weighted by molar-refractivity contribution is 0.270. The van der Waals surface area contributed by atoms with Crippen molar-refractivity contribution in [3.63, 3.8) is 0 Å². The van der Waals surface area contributed by atoms with Gasteiger partial charge in [0.1, 0.15) is 17.3 Å². The van der Waals surface area contributed by atoms with E-state index in [2.05, 4.69) is 47.0 Å². The Bertz CT molecular complexity index is 1570. The summed E-state index contributed by atoms with van der Waals surface area (Å²) >= 11 is 0. The molecule has 3 heterocycles. The molecule has 1 unspecified atom stereocenters. The molecule has 1 aliphatic heterocycles. The minimum Gasteiger partial charge on any atom is -0.367 e. The zero-order chi connectivity index (χ0) is 27.6. The molecule has 0 amide bonds. The summed E-state index contributed by atoms with van der Waals surface area (Å²) in [5, 5.41) is 6.34. The minimum absolute atomic E-state index is 0.268. The molecule has 1 fully saturated rings. The molecule has 4 aromatic rings. The number of para-hydroxylation sites is 1. The number of benzene rings is 2. The van der Waals surface area contributed by atoms with E-state index < -0.39 is 15.3 Å². The van der Waals surface area contributed by atoms with Crippen LogP contribution in [-0.2, 0) is 10.0 Å². The van der Waals surface area contributed by atoms with E-state index in [0.717, 1.165) is 38.1 Å². The Hall–Kier alpha value is -3.74. The van der Waals surface area contributed by atoms with Gasteiger partial charge in [0.2, 0.25) is 16.0 Å². The molecule has 12 heteroatoms. The van der Waals surface area contributed by atoms with E-state index in [-0.39, 0.29) is 11.8 Å². The maximum Gasteiger partial charge on any atom is 0.231 e. The number of hydrogen-bond donors (Lipinski definition) is 4. The molecule has 2 aromatic heterocycles. The van der Waals surface area contributed by atoms with Gasteiger partial charge >= 0.3 is 0 Å². The number of aromatic amines is 1. The zero-order valence-corrected chi connectivity index (χ0v) is 23.0. The quantitative estimate of drug-likeness (QED) is 0.242. The van der Waals surface area contributed by atoms with Gasteiger partial charge in [-0.05, 0) is 56.4 Å². The molecular formula is C27H33FN8O2S. The zero-order valence-electron chi connectivity index (χ0n) is 22.2. The highest BCUT2D eigenvalue weighted by atomic mass is 32.2. The molecule has 1 atom stereocenters. The summed E-state index contributed by atoms with van der Waals surface area (Å²) in [7, 11) is -2.15. The van der Waals surface area contributed by atoms with Crippen LogP contribution in [0.1, 0.15) is 24.7 Å². The molecule has 5 rings (SSSR count). The van der Waals surface area contributed by atoms with Crippen LogP contribution in [0.2, 0.25) is 0 Å². The number of fused-ring (bicyclic) bond motifs is 1. The largest absolute Gasteiger partial charge is 0.367 e. The number of hydrogen-bond acceptors (Lipinski definition) is 8. The third-order valence-corrected chi connectivity index (χ3v) is 8.94. The summed E-state index contributed by atoms with van der Waals surface area (Å²) in [6, 6.07) is 14.1. The number of H-pyrrole nitrogens is 1. The van der Waals surface area contributed by atoms with Gasteiger partial charge in [-0.1, -0.05) is 25.1 Å². The summed E-state index contributed by atoms with van der Waals surface area (Å²) in [5.74, 6) is 0.443. The van der Waals surface area contributed by atoms with Crippen LogP contribution in [0.5, 0.6) is 0 Å². The standard InChI is InChI=1S/C27H33FN8O2S/c1-4-35-13-15-36(16-14-35)24-10-9-19(17-22(24)28)31-27-33-25-21(11-12-30-25)26(34-27)32-23-8-6-5-7-20(23)18(2)39(37,38)29-3/h5-12,17-18,29H,4,13-16H2,1-3H3,(H3,30,31,32,33,34). The maximum atomic E-state index is 15.1. The summed E-state index contributed by atoms with van der Waals surface area (Å²) in [4.78, 5) is 16.7. The van der Waals surface area contributed by atoms with Crippen LogP contribution in [0.15, 0.2) is 54.7 Å². The molecule has 4 N–H and O–H groups in total. The van der Waals surface area contributed by atoms with Crippen LogP contribution < -0.4 is 20.3 Å². The van der Waals surface area contributed by atoms with E-state index in [4.69, 9.17) is 0 Å². The Morgan fingerprint density at radius 1 is 1.05 bits per heavy atom. The Morgan fingerprint density at radius 2 is 1.82 bits per heavy atom. The van der Waals surface area contributed by atoms with Crippen molar-refractivity contribution in [1.82, 2.24) is 24.6 Å². The fraction of sp³-hybridized carbons (Fsp3) is 0.333. The van der Waals surface area contributed by atoms with Crippen molar-refractivity contribution in [3.05, 3.63) is 66.1 Å². The lowest BCUT2D eigenvalue weighted by atomic mass is 10.1. The first-order chi connectivity index (χ1) is 18.8. The van der Waals surface area contributed by atoms with Gasteiger partial charge in [-0.3, -0.25) is 0 Å². The van der Waals surface area contributed by atoms with E-state index in [1.54, 1.807) is 37.4 Å². The fourth-order valence-corrected chi connectivity index (χ4v) is 5.70. The monoisotopic (exact) mass is 552 g/mol. The number of aromatic nitrogens is 3. The molecule has 0 radical (unpaired) electrons. The molecule has 0 saturated carbocycles. The number of sulfonamides is 1. The first-order valence-corrected chi connectivity index (χ1v) is 14.5. The second-order valence-corrected chi connectivity index (χ2v) is 11.7. The van der Waals surface area contributed by atoms with Crippen LogP contribution in [-0.4, -0.2) is 68.0 Å². The Kier molecular flexibility index (Phi) is 7.69. The van der Waals surface area contributed by atoms with Gasteiger partial charge in [0, 0.05) is 43.8 Å². The number of likely N-dealkylation sites (N-methyl/N-ethyl adjacent to an activating group) is 1. The second-order valence-electron chi connectivity index (χ2n) is 9.45. The van der Waals surface area contributed by atoms with Crippen molar-refractivity contribution < 1.29 is 12.8 Å². The SMILES string of the molecule is CCN1CCN(c2ccc(Nc3nc(Nc4ccccc4C(C)S(=O)(=O)NC)c4cc[nH]c4n3)cc2F)CC1. The summed E-state index contributed by atoms with van der Waals surface area (Å²) in [6.07, 6.45) is 1.75. The van der Waals surface area contributed by atoms with Crippen molar-refractivity contribution in [2.24, 2.45) is 0 Å². The van der Waals surface area contributed by atoms with Gasteiger partial charge in [-0.15, -0.1) is 0 Å². The molecule has 10 nitrogen and oxygen atoms in total. The van der Waals surface area contributed by atoms with Crippen molar-refractivity contribution in [1.29, 1.82) is 0 Å². The van der Waals surface area contributed by atoms with Crippen LogP contribution in [0.4, 0.5) is 33.2 Å². The number of rotatable bonds is 9. The Morgan fingerprint density at radius 3 is 2.54 bits per heavy atom. The van der Waals surface area contributed by atoms with Gasteiger partial charge in [0.25, 0.3) is 0 Å². The van der Waals surface area contributed by atoms with Crippen molar-refractivity contribution in [3.8, 4) is 0 Å². The molecule has 1 saturated heterocycles. The molecule has 0 spiro atoms. The molecule has 2 aromatic carbocycles. The summed E-state index contributed by atoms with van der Waals surface area (Å²) < 4.78 is 42.5. The van der Waals surface area contributed by atoms with Gasteiger partial charge in [-0.25, -0.2) is 17.5 Å². The van der Waals surface area contributed by atoms with Crippen LogP contribution in [0.25, 0.3) is 11.0 Å². The lowest BCUT2D eigenvalue weighted by Crippen LogP contribution is -2.46. The number of halogens is 1. The number of nitrogens with one attached hydrogen (secondary N) is 4. The first kappa shape index (κ1) is 26.9. The van der Waals surface area contributed by atoms with Crippen molar-refractivity contribution in [2.75, 3.05) is 55.3 Å². The highest BCUT2D eigenvalue weighted by Crippen LogP contribution is 2.33. The lowest BCUT2D eigenvalue weighted by Gasteiger charge is -2.35. The van der Waals surface area contributed by atoms with Gasteiger partial charge < -0.3 is 25.4 Å². The fourth-order valence-electron chi connectivity index (χ4n) is 4.80. The molecular weight excluding hydrogens is 519 g/mol. The molecule has 0 aliphatic carbocycles. The van der Waals surface area contributed by atoms with E-state index >= 15 is 4.39 Å². The Balaban J connectivity index is 1.41. The van der Waals surface area contributed by atoms with Crippen molar-refractivity contribution in [2.45, 2.75) is 19.1 Å². The third kappa shape index (κ3) is 5.68. The Labute approximate surface area is 227 Å². The number of anilines is 5. The topological polar surface area (TPSA) is 118 Å². The van der Waals surface area contributed by atoms with Crippen LogP contribution in [0.3, 0.4) is 0 Å². The second kappa shape index (κ2) is 11.2. The van der Waals surface area contributed by atoms with E-state index in [0.29, 0.717) is 34.1 Å². The molecule has 206 valence electrons. The maximum absolute atomic E-state index is 15.1. The van der Waals surface area contributed by atoms with Crippen LogP contribution in [0, 0.1) is 5.82 Å². The first-order valence-electron chi connectivity index (χ1n) is 13.0. The highest BCUT2D eigenvalue weighted by molar-refractivity contribution is 7.89. The minimum atomic E-state index is -3.55. The summed E-state index contributed by atoms with van der Waals surface area (Å²) in [6.45, 7) is 8.17. The highest BCUT2D eigenvalue weighted by Gasteiger charge is 2.24. The van der Waals surface area contributed by atoms with Crippen molar-refractivity contribution >= 4 is 49.9 Å². The van der Waals surface area contributed by atoms with Crippen LogP contribution >= 0.6 is 0 Å². The van der Waals surface area contributed by atoms with Gasteiger partial charge in [0.15, 0.2) is 0 Å². The molecule has 39 heavy (non-hydrogen) atoms. The van der Waals surface area contributed by atoms with E-state index in [1.807, 2.05) is 18.2 Å². The number of piperazine rings is 1. The average molecular weight is 553 g/mol. The smallest absolute Gasteiger partial charge is 0.231 e. The van der Waals surface area contributed by atoms with E-state index in [9.17, 15) is 8.42 Å². The number of nitrogens with zero attached hydrogens (tertiary/aromatic N) is 4. The normalized spacial score (nSPS) is 15.4.